The molecule has 0 saturated carbocycles. The Morgan fingerprint density at radius 1 is 1.08 bits per heavy atom. The molecule has 0 atom stereocenters. The molecule has 0 unspecified atom stereocenters. The van der Waals surface area contributed by atoms with Gasteiger partial charge in [-0.2, -0.15) is 0 Å². The van der Waals surface area contributed by atoms with Crippen LogP contribution in [0.1, 0.15) is 19.4 Å². The van der Waals surface area contributed by atoms with Gasteiger partial charge in [0.1, 0.15) is 12.4 Å². The van der Waals surface area contributed by atoms with Crippen LogP contribution in [0.15, 0.2) is 35.5 Å². The van der Waals surface area contributed by atoms with Crippen LogP contribution in [-0.4, -0.2) is 50.6 Å². The van der Waals surface area contributed by atoms with Crippen molar-refractivity contribution < 1.29 is 33.7 Å². The third-order valence-electron chi connectivity index (χ3n) is 4.27. The Morgan fingerprint density at radius 3 is 2.15 bits per heavy atom. The van der Waals surface area contributed by atoms with E-state index in [-0.39, 0.29) is 24.6 Å². The number of rotatable bonds is 5. The second kappa shape index (κ2) is 7.57. The van der Waals surface area contributed by atoms with Crippen LogP contribution in [0.4, 0.5) is 5.69 Å². The Balaban J connectivity index is 2.47. The molecule has 26 heavy (non-hydrogen) atoms. The van der Waals surface area contributed by atoms with E-state index in [0.717, 1.165) is 0 Å². The van der Waals surface area contributed by atoms with E-state index >= 15 is 0 Å². The highest BCUT2D eigenvalue weighted by molar-refractivity contribution is 6.03. The van der Waals surface area contributed by atoms with Gasteiger partial charge in [0.25, 0.3) is 0 Å². The maximum absolute atomic E-state index is 12.2. The zero-order chi connectivity index (χ0) is 19.5. The summed E-state index contributed by atoms with van der Waals surface area (Å²) in [6, 6.07) is 6.63. The molecular weight excluding hydrogens is 342 g/mol. The van der Waals surface area contributed by atoms with Gasteiger partial charge < -0.3 is 24.2 Å². The number of carboxylic acids is 1. The van der Waals surface area contributed by atoms with Crippen molar-refractivity contribution in [1.29, 1.82) is 0 Å². The van der Waals surface area contributed by atoms with Crippen molar-refractivity contribution >= 4 is 23.6 Å². The Labute approximate surface area is 150 Å². The first-order valence-electron chi connectivity index (χ1n) is 7.83. The number of carbonyl (C=O) groups excluding carboxylic acids is 2. The number of ether oxygens (including phenoxy) is 3. The molecule has 0 spiro atoms. The zero-order valence-corrected chi connectivity index (χ0v) is 15.1. The van der Waals surface area contributed by atoms with Crippen LogP contribution in [0.3, 0.4) is 0 Å². The topological polar surface area (TPSA) is 102 Å². The van der Waals surface area contributed by atoms with E-state index in [9.17, 15) is 19.5 Å². The Morgan fingerprint density at radius 2 is 1.65 bits per heavy atom. The van der Waals surface area contributed by atoms with Gasteiger partial charge in [0.15, 0.2) is 0 Å². The fourth-order valence-electron chi connectivity index (χ4n) is 2.53. The second-order valence-corrected chi connectivity index (χ2v) is 6.19. The van der Waals surface area contributed by atoms with Crippen molar-refractivity contribution in [3.8, 4) is 0 Å². The van der Waals surface area contributed by atoms with Gasteiger partial charge in [0.05, 0.1) is 31.8 Å². The summed E-state index contributed by atoms with van der Waals surface area (Å²) >= 11 is 0. The van der Waals surface area contributed by atoms with Crippen LogP contribution in [0.2, 0.25) is 0 Å². The molecule has 1 aliphatic heterocycles. The molecule has 0 bridgehead atoms. The van der Waals surface area contributed by atoms with Gasteiger partial charge in [-0.05, 0) is 31.5 Å². The summed E-state index contributed by atoms with van der Waals surface area (Å²) < 4.78 is 14.9. The third-order valence-corrected chi connectivity index (χ3v) is 4.27. The number of hydrogen-bond acceptors (Lipinski definition) is 7. The highest BCUT2D eigenvalue weighted by Crippen LogP contribution is 2.30. The maximum atomic E-state index is 12.2. The number of carboxylic acid groups (broad SMARTS) is 1. The predicted octanol–water partition coefficient (Wildman–Crippen LogP) is 1.44. The maximum Gasteiger partial charge on any atom is 0.355 e. The van der Waals surface area contributed by atoms with Gasteiger partial charge in [-0.3, -0.25) is 4.79 Å². The molecule has 1 aromatic carbocycles. The Hall–Kier alpha value is -2.87. The number of benzene rings is 1. The molecule has 0 radical (unpaired) electrons. The third kappa shape index (κ3) is 3.55. The molecule has 1 N–H and O–H groups in total. The van der Waals surface area contributed by atoms with E-state index in [1.54, 1.807) is 38.1 Å². The highest BCUT2D eigenvalue weighted by atomic mass is 16.5. The van der Waals surface area contributed by atoms with Gasteiger partial charge in [-0.25, -0.2) is 9.59 Å². The summed E-state index contributed by atoms with van der Waals surface area (Å²) in [5, 5.41) is 9.33. The van der Waals surface area contributed by atoms with Crippen molar-refractivity contribution in [1.82, 2.24) is 0 Å². The molecule has 0 aliphatic carbocycles. The smallest absolute Gasteiger partial charge is 0.355 e. The predicted molar refractivity (Wildman–Crippen MR) is 91.5 cm³/mol. The lowest BCUT2D eigenvalue weighted by atomic mass is 9.85. The normalized spacial score (nSPS) is 14.8. The monoisotopic (exact) mass is 363 g/mol. The first kappa shape index (κ1) is 19.5. The van der Waals surface area contributed by atoms with Gasteiger partial charge in [-0.1, -0.05) is 12.1 Å². The first-order chi connectivity index (χ1) is 12.2. The Kier molecular flexibility index (Phi) is 5.66. The molecule has 0 aromatic heterocycles. The van der Waals surface area contributed by atoms with Crippen LogP contribution >= 0.6 is 0 Å². The minimum atomic E-state index is -1.06. The lowest BCUT2D eigenvalue weighted by Gasteiger charge is -2.31. The van der Waals surface area contributed by atoms with Gasteiger partial charge in [0.2, 0.25) is 0 Å². The summed E-state index contributed by atoms with van der Waals surface area (Å²) in [6.45, 7) is 3.16. The SMILES string of the molecule is COC(=O)C1=C(C(=O)OC)N(c2ccc(C(C)(C)C(=O)O)cc2)COC1. The molecule has 0 saturated heterocycles. The molecular formula is C18H21NO7. The van der Waals surface area contributed by atoms with Crippen LogP contribution in [0.25, 0.3) is 0 Å². The molecule has 8 heteroatoms. The Bertz CT molecular complexity index is 749. The summed E-state index contributed by atoms with van der Waals surface area (Å²) in [6.07, 6.45) is 0. The fourth-order valence-corrected chi connectivity index (χ4v) is 2.53. The zero-order valence-electron chi connectivity index (χ0n) is 15.1. The number of hydrogen-bond donors (Lipinski definition) is 1. The van der Waals surface area contributed by atoms with E-state index in [4.69, 9.17) is 14.2 Å². The highest BCUT2D eigenvalue weighted by Gasteiger charge is 2.33. The average Bonchev–Trinajstić information content (AvgIpc) is 2.66. The van der Waals surface area contributed by atoms with E-state index in [1.165, 1.54) is 19.1 Å². The second-order valence-electron chi connectivity index (χ2n) is 6.19. The lowest BCUT2D eigenvalue weighted by molar-refractivity contribution is -0.142. The van der Waals surface area contributed by atoms with Crippen molar-refractivity contribution in [3.05, 3.63) is 41.1 Å². The van der Waals surface area contributed by atoms with Crippen molar-refractivity contribution in [2.75, 3.05) is 32.5 Å². The molecule has 1 aromatic rings. The standard InChI is InChI=1S/C18H21NO7/c1-18(2,17(22)23)11-5-7-12(8-6-11)19-10-26-9-13(15(20)24-3)14(19)16(21)25-4/h5-8H,9-10H2,1-4H3,(H,22,23). The van der Waals surface area contributed by atoms with Gasteiger partial charge in [-0.15, -0.1) is 0 Å². The van der Waals surface area contributed by atoms with E-state index in [2.05, 4.69) is 0 Å². The molecule has 140 valence electrons. The van der Waals surface area contributed by atoms with E-state index < -0.39 is 23.3 Å². The molecule has 1 aliphatic rings. The number of esters is 2. The average molecular weight is 363 g/mol. The largest absolute Gasteiger partial charge is 0.481 e. The lowest BCUT2D eigenvalue weighted by Crippen LogP contribution is -2.38. The molecule has 8 nitrogen and oxygen atoms in total. The molecule has 1 heterocycles. The number of aliphatic carboxylic acids is 1. The van der Waals surface area contributed by atoms with Crippen molar-refractivity contribution in [3.63, 3.8) is 0 Å². The number of anilines is 1. The fraction of sp³-hybridized carbons (Fsp3) is 0.389. The van der Waals surface area contributed by atoms with Crippen molar-refractivity contribution in [2.45, 2.75) is 19.3 Å². The van der Waals surface area contributed by atoms with Crippen LogP contribution in [0.5, 0.6) is 0 Å². The summed E-state index contributed by atoms with van der Waals surface area (Å²) in [5.74, 6) is -2.32. The number of carbonyl (C=O) groups is 3. The van der Waals surface area contributed by atoms with Crippen LogP contribution < -0.4 is 4.90 Å². The quantitative estimate of drug-likeness (QED) is 0.784. The van der Waals surface area contributed by atoms with Crippen LogP contribution in [-0.2, 0) is 34.0 Å². The molecule has 0 amide bonds. The molecule has 0 fully saturated rings. The van der Waals surface area contributed by atoms with Gasteiger partial charge in [0, 0.05) is 5.69 Å². The number of nitrogens with zero attached hydrogens (tertiary/aromatic N) is 1. The summed E-state index contributed by atoms with van der Waals surface area (Å²) in [5.41, 5.74) is 0.186. The summed E-state index contributed by atoms with van der Waals surface area (Å²) in [4.78, 5) is 37.1. The first-order valence-corrected chi connectivity index (χ1v) is 7.83. The van der Waals surface area contributed by atoms with E-state index in [0.29, 0.717) is 11.3 Å². The van der Waals surface area contributed by atoms with E-state index in [1.807, 2.05) is 0 Å². The minimum absolute atomic E-state index is 0.0343. The van der Waals surface area contributed by atoms with Crippen LogP contribution in [0, 0.1) is 0 Å². The molecule has 2 rings (SSSR count). The number of methoxy groups -OCH3 is 2. The minimum Gasteiger partial charge on any atom is -0.481 e. The van der Waals surface area contributed by atoms with Gasteiger partial charge >= 0.3 is 17.9 Å². The van der Waals surface area contributed by atoms with Crippen molar-refractivity contribution in [2.24, 2.45) is 0 Å². The summed E-state index contributed by atoms with van der Waals surface area (Å²) in [7, 11) is 2.43.